The Labute approximate surface area is 133 Å². The molecular weight excluding hydrogens is 336 g/mol. The van der Waals surface area contributed by atoms with Crippen LogP contribution >= 0.6 is 27.7 Å². The van der Waals surface area contributed by atoms with Crippen LogP contribution in [0.1, 0.15) is 19.8 Å². The standard InChI is InChI=1S/C15H21BrN2OS/c1-11-6-8-17-10-13(11)18-15(19)7-9-20-14-5-3-2-4-12(14)16/h2-5,11,13,17H,6-10H2,1H3,(H,18,19). The van der Waals surface area contributed by atoms with Gasteiger partial charge in [0.2, 0.25) is 5.91 Å². The third-order valence-corrected chi connectivity index (χ3v) is 5.63. The van der Waals surface area contributed by atoms with Crippen molar-refractivity contribution in [3.8, 4) is 0 Å². The highest BCUT2D eigenvalue weighted by Gasteiger charge is 2.22. The number of amides is 1. The average Bonchev–Trinajstić information content (AvgIpc) is 2.43. The van der Waals surface area contributed by atoms with Crippen LogP contribution in [-0.4, -0.2) is 30.8 Å². The predicted molar refractivity (Wildman–Crippen MR) is 88.1 cm³/mol. The van der Waals surface area contributed by atoms with Gasteiger partial charge in [0.15, 0.2) is 0 Å². The van der Waals surface area contributed by atoms with Crippen LogP contribution in [0.25, 0.3) is 0 Å². The van der Waals surface area contributed by atoms with Crippen molar-refractivity contribution in [2.24, 2.45) is 5.92 Å². The minimum atomic E-state index is 0.158. The number of piperidine rings is 1. The Bertz CT molecular complexity index is 455. The van der Waals surface area contributed by atoms with Gasteiger partial charge in [-0.05, 0) is 46.9 Å². The van der Waals surface area contributed by atoms with Crippen LogP contribution in [0.5, 0.6) is 0 Å². The summed E-state index contributed by atoms with van der Waals surface area (Å²) in [5.74, 6) is 1.53. The van der Waals surface area contributed by atoms with Crippen molar-refractivity contribution < 1.29 is 4.79 Å². The number of hydrogen-bond donors (Lipinski definition) is 2. The Hall–Kier alpha value is -0.520. The van der Waals surface area contributed by atoms with Gasteiger partial charge in [0.25, 0.3) is 0 Å². The van der Waals surface area contributed by atoms with E-state index in [2.05, 4.69) is 39.6 Å². The zero-order valence-corrected chi connectivity index (χ0v) is 14.1. The summed E-state index contributed by atoms with van der Waals surface area (Å²) < 4.78 is 1.09. The molecule has 20 heavy (non-hydrogen) atoms. The molecule has 0 spiro atoms. The van der Waals surface area contributed by atoms with Crippen LogP contribution in [-0.2, 0) is 4.79 Å². The first kappa shape index (κ1) is 15.9. The zero-order chi connectivity index (χ0) is 14.4. The maximum absolute atomic E-state index is 12.0. The molecule has 0 radical (unpaired) electrons. The number of benzene rings is 1. The van der Waals surface area contributed by atoms with Gasteiger partial charge in [0.1, 0.15) is 0 Å². The van der Waals surface area contributed by atoms with E-state index in [1.807, 2.05) is 18.2 Å². The summed E-state index contributed by atoms with van der Waals surface area (Å²) in [6.07, 6.45) is 1.70. The highest BCUT2D eigenvalue weighted by atomic mass is 79.9. The van der Waals surface area contributed by atoms with E-state index in [1.54, 1.807) is 11.8 Å². The maximum atomic E-state index is 12.0. The van der Waals surface area contributed by atoms with Gasteiger partial charge in [0, 0.05) is 34.1 Å². The van der Waals surface area contributed by atoms with Gasteiger partial charge in [-0.2, -0.15) is 0 Å². The van der Waals surface area contributed by atoms with E-state index in [1.165, 1.54) is 4.90 Å². The summed E-state index contributed by atoms with van der Waals surface area (Å²) in [5, 5.41) is 6.48. The van der Waals surface area contributed by atoms with Gasteiger partial charge in [-0.25, -0.2) is 0 Å². The Kier molecular flexibility index (Phi) is 6.39. The second-order valence-corrected chi connectivity index (χ2v) is 7.16. The molecule has 1 aliphatic heterocycles. The molecule has 110 valence electrons. The summed E-state index contributed by atoms with van der Waals surface area (Å²) in [6.45, 7) is 4.16. The topological polar surface area (TPSA) is 41.1 Å². The van der Waals surface area contributed by atoms with Crippen molar-refractivity contribution in [2.75, 3.05) is 18.8 Å². The number of carbonyl (C=O) groups excluding carboxylic acids is 1. The van der Waals surface area contributed by atoms with Crippen LogP contribution in [0.15, 0.2) is 33.6 Å². The summed E-state index contributed by atoms with van der Waals surface area (Å²) in [6, 6.07) is 8.39. The van der Waals surface area contributed by atoms with Crippen LogP contribution in [0.4, 0.5) is 0 Å². The summed E-state index contributed by atoms with van der Waals surface area (Å²) in [4.78, 5) is 13.2. The summed E-state index contributed by atoms with van der Waals surface area (Å²) in [5.41, 5.74) is 0. The molecule has 1 aliphatic rings. The fourth-order valence-corrected chi connectivity index (χ4v) is 3.79. The second kappa shape index (κ2) is 8.05. The van der Waals surface area contributed by atoms with Crippen LogP contribution in [0.3, 0.4) is 0 Å². The molecule has 0 bridgehead atoms. The van der Waals surface area contributed by atoms with Crippen molar-refractivity contribution >= 4 is 33.6 Å². The van der Waals surface area contributed by atoms with Gasteiger partial charge in [0.05, 0.1) is 0 Å². The zero-order valence-electron chi connectivity index (χ0n) is 11.7. The van der Waals surface area contributed by atoms with Gasteiger partial charge < -0.3 is 10.6 Å². The molecule has 1 saturated heterocycles. The molecule has 5 heteroatoms. The first-order valence-electron chi connectivity index (χ1n) is 7.04. The quantitative estimate of drug-likeness (QED) is 0.796. The molecular formula is C15H21BrN2OS. The average molecular weight is 357 g/mol. The molecule has 2 rings (SSSR count). The van der Waals surface area contributed by atoms with Crippen molar-refractivity contribution in [1.82, 2.24) is 10.6 Å². The van der Waals surface area contributed by atoms with Crippen molar-refractivity contribution in [3.05, 3.63) is 28.7 Å². The number of hydrogen-bond acceptors (Lipinski definition) is 3. The number of thioether (sulfide) groups is 1. The van der Waals surface area contributed by atoms with Crippen LogP contribution in [0.2, 0.25) is 0 Å². The van der Waals surface area contributed by atoms with E-state index >= 15 is 0 Å². The summed E-state index contributed by atoms with van der Waals surface area (Å²) >= 11 is 5.24. The van der Waals surface area contributed by atoms with Gasteiger partial charge in [-0.3, -0.25) is 4.79 Å². The molecule has 1 aromatic carbocycles. The lowest BCUT2D eigenvalue weighted by atomic mass is 9.95. The van der Waals surface area contributed by atoms with E-state index in [-0.39, 0.29) is 11.9 Å². The monoisotopic (exact) mass is 356 g/mol. The first-order chi connectivity index (χ1) is 9.66. The van der Waals surface area contributed by atoms with Gasteiger partial charge in [-0.1, -0.05) is 19.1 Å². The van der Waals surface area contributed by atoms with Crippen molar-refractivity contribution in [3.63, 3.8) is 0 Å². The van der Waals surface area contributed by atoms with Crippen molar-refractivity contribution in [2.45, 2.75) is 30.7 Å². The number of nitrogens with one attached hydrogen (secondary N) is 2. The van der Waals surface area contributed by atoms with Crippen molar-refractivity contribution in [1.29, 1.82) is 0 Å². The van der Waals surface area contributed by atoms with E-state index in [0.717, 1.165) is 29.7 Å². The minimum Gasteiger partial charge on any atom is -0.352 e. The molecule has 1 amide bonds. The lowest BCUT2D eigenvalue weighted by Crippen LogP contribution is -2.50. The third-order valence-electron chi connectivity index (χ3n) is 3.60. The molecule has 0 aliphatic carbocycles. The highest BCUT2D eigenvalue weighted by Crippen LogP contribution is 2.27. The largest absolute Gasteiger partial charge is 0.352 e. The predicted octanol–water partition coefficient (Wildman–Crippen LogP) is 3.05. The Morgan fingerprint density at radius 3 is 3.05 bits per heavy atom. The maximum Gasteiger partial charge on any atom is 0.221 e. The molecule has 2 atom stereocenters. The SMILES string of the molecule is CC1CCNCC1NC(=O)CCSc1ccccc1Br. The molecule has 1 heterocycles. The molecule has 1 fully saturated rings. The number of rotatable bonds is 5. The molecule has 2 unspecified atom stereocenters. The van der Waals surface area contributed by atoms with E-state index < -0.39 is 0 Å². The third kappa shape index (κ3) is 4.79. The van der Waals surface area contributed by atoms with Gasteiger partial charge in [-0.15, -0.1) is 11.8 Å². The lowest BCUT2D eigenvalue weighted by Gasteiger charge is -2.30. The van der Waals surface area contributed by atoms with E-state index in [4.69, 9.17) is 0 Å². The van der Waals surface area contributed by atoms with E-state index in [0.29, 0.717) is 12.3 Å². The van der Waals surface area contributed by atoms with E-state index in [9.17, 15) is 4.79 Å². The summed E-state index contributed by atoms with van der Waals surface area (Å²) in [7, 11) is 0. The first-order valence-corrected chi connectivity index (χ1v) is 8.82. The van der Waals surface area contributed by atoms with Crippen LogP contribution < -0.4 is 10.6 Å². The molecule has 2 N–H and O–H groups in total. The lowest BCUT2D eigenvalue weighted by molar-refractivity contribution is -0.121. The number of halogens is 1. The normalized spacial score (nSPS) is 22.5. The molecule has 3 nitrogen and oxygen atoms in total. The Balaban J connectivity index is 1.71. The van der Waals surface area contributed by atoms with Gasteiger partial charge >= 0.3 is 0 Å². The Morgan fingerprint density at radius 1 is 1.50 bits per heavy atom. The molecule has 0 saturated carbocycles. The second-order valence-electron chi connectivity index (χ2n) is 5.17. The molecule has 0 aromatic heterocycles. The minimum absolute atomic E-state index is 0.158. The fraction of sp³-hybridized carbons (Fsp3) is 0.533. The highest BCUT2D eigenvalue weighted by molar-refractivity contribution is 9.10. The molecule has 1 aromatic rings. The fourth-order valence-electron chi connectivity index (χ4n) is 2.28. The number of carbonyl (C=O) groups is 1. The smallest absolute Gasteiger partial charge is 0.221 e. The Morgan fingerprint density at radius 2 is 2.30 bits per heavy atom. The van der Waals surface area contributed by atoms with Crippen LogP contribution in [0, 0.1) is 5.92 Å².